The van der Waals surface area contributed by atoms with Crippen LogP contribution < -0.4 is 15.4 Å². The molecule has 0 radical (unpaired) electrons. The van der Waals surface area contributed by atoms with E-state index in [9.17, 15) is 18.8 Å². The predicted molar refractivity (Wildman–Crippen MR) is 187 cm³/mol. The van der Waals surface area contributed by atoms with Crippen molar-refractivity contribution in [1.29, 1.82) is 5.26 Å². The van der Waals surface area contributed by atoms with E-state index >= 15 is 4.39 Å². The summed E-state index contributed by atoms with van der Waals surface area (Å²) < 4.78 is 58.0. The molecule has 3 aliphatic rings. The Morgan fingerprint density at radius 2 is 2.08 bits per heavy atom. The summed E-state index contributed by atoms with van der Waals surface area (Å²) in [7, 11) is 1.58. The number of amides is 1. The molecule has 0 bridgehead atoms. The predicted octanol–water partition coefficient (Wildman–Crippen LogP) is 5.83. The van der Waals surface area contributed by atoms with Crippen molar-refractivity contribution in [3.8, 4) is 23.2 Å². The first-order valence-corrected chi connectivity index (χ1v) is 17.6. The Balaban J connectivity index is 1.38. The number of fused-ring (bicyclic) bond motifs is 3. The molecule has 2 N–H and O–H groups in total. The number of hydrogen-bond acceptors (Lipinski definition) is 10. The summed E-state index contributed by atoms with van der Waals surface area (Å²) in [6.07, 6.45) is 3.05. The quantitative estimate of drug-likeness (QED) is 0.203. The van der Waals surface area contributed by atoms with Crippen LogP contribution in [0, 0.1) is 23.0 Å². The molecule has 0 saturated carbocycles. The number of halogens is 3. The molecule has 4 atom stereocenters. The minimum Gasteiger partial charge on any atom is -0.461 e. The van der Waals surface area contributed by atoms with Gasteiger partial charge in [0.1, 0.15) is 41.3 Å². The molecule has 2 aromatic carbocycles. The molecule has 7 rings (SSSR count). The minimum atomic E-state index is -0.939. The van der Waals surface area contributed by atoms with E-state index in [1.807, 2.05) is 17.9 Å². The fraction of sp³-hybridized carbons (Fsp3) is 0.444. The average molecular weight is 706 g/mol. The summed E-state index contributed by atoms with van der Waals surface area (Å²) in [4.78, 5) is 28.3. The summed E-state index contributed by atoms with van der Waals surface area (Å²) in [5, 5.41) is 10.7. The average Bonchev–Trinajstić information content (AvgIpc) is 3.85. The highest BCUT2D eigenvalue weighted by atomic mass is 32.1. The SMILES string of the molecule is C=CC(=O)N1CCC(N(CC)c2nc(OCC34CCCN3CC(F)C4)nc3cc(-c4ccc(F)c5sc(N)c(C#N)c45)c(F)cc23)C1COC. The van der Waals surface area contributed by atoms with Gasteiger partial charge in [0, 0.05) is 49.5 Å². The number of aromatic nitrogens is 2. The van der Waals surface area contributed by atoms with Crippen LogP contribution in [0.5, 0.6) is 6.01 Å². The van der Waals surface area contributed by atoms with Gasteiger partial charge in [-0.1, -0.05) is 12.6 Å². The van der Waals surface area contributed by atoms with E-state index in [0.29, 0.717) is 54.8 Å². The third-order valence-electron chi connectivity index (χ3n) is 10.5. The molecule has 0 aliphatic carbocycles. The van der Waals surface area contributed by atoms with E-state index < -0.39 is 23.3 Å². The van der Waals surface area contributed by atoms with Gasteiger partial charge >= 0.3 is 6.01 Å². The van der Waals surface area contributed by atoms with Gasteiger partial charge in [-0.15, -0.1) is 11.3 Å². The highest BCUT2D eigenvalue weighted by molar-refractivity contribution is 7.23. The number of anilines is 2. The Morgan fingerprint density at radius 1 is 1.26 bits per heavy atom. The standard InChI is InChI=1S/C36H38F3N7O3S/c1-4-30(47)46-12-9-28(29(46)18-48-3)45(5-2)34-23-13-26(39)22(21-7-8-25(38)32-31(21)24(16-40)33(41)50-32)14-27(23)42-35(43-34)49-19-36-10-6-11-44(36)17-20(37)15-36/h4,7-8,13-14,20,28-29H,1,5-6,9-12,15,17-19,41H2,2-3H3. The Morgan fingerprint density at radius 3 is 2.82 bits per heavy atom. The van der Waals surface area contributed by atoms with Crippen molar-refractivity contribution in [1.82, 2.24) is 19.8 Å². The summed E-state index contributed by atoms with van der Waals surface area (Å²) in [6, 6.07) is 7.09. The number of alkyl halides is 1. The zero-order valence-electron chi connectivity index (χ0n) is 27.9. The Bertz CT molecular complexity index is 2040. The van der Waals surface area contributed by atoms with Crippen molar-refractivity contribution in [2.75, 3.05) is 57.1 Å². The number of likely N-dealkylation sites (tertiary alicyclic amines) is 1. The number of methoxy groups -OCH3 is 1. The molecule has 2 aromatic heterocycles. The first-order valence-electron chi connectivity index (χ1n) is 16.8. The van der Waals surface area contributed by atoms with E-state index in [4.69, 9.17) is 25.2 Å². The summed E-state index contributed by atoms with van der Waals surface area (Å²) in [6.45, 7) is 8.16. The molecule has 1 amide bonds. The number of likely N-dealkylation sites (N-methyl/N-ethyl adjacent to an activating group) is 1. The van der Waals surface area contributed by atoms with Crippen LogP contribution in [0.3, 0.4) is 0 Å². The van der Waals surface area contributed by atoms with Crippen LogP contribution in [0.1, 0.15) is 38.2 Å². The number of nitriles is 1. The highest BCUT2D eigenvalue weighted by Gasteiger charge is 2.49. The summed E-state index contributed by atoms with van der Waals surface area (Å²) in [5.74, 6) is -0.986. The van der Waals surface area contributed by atoms with Crippen molar-refractivity contribution in [3.05, 3.63) is 54.1 Å². The second kappa shape index (κ2) is 13.4. The fourth-order valence-corrected chi connectivity index (χ4v) is 9.23. The van der Waals surface area contributed by atoms with Gasteiger partial charge in [0.15, 0.2) is 0 Å². The normalized spacial score (nSPS) is 23.4. The summed E-state index contributed by atoms with van der Waals surface area (Å²) >= 11 is 0.938. The third kappa shape index (κ3) is 5.61. The maximum Gasteiger partial charge on any atom is 0.319 e. The molecule has 5 heterocycles. The molecular weight excluding hydrogens is 668 g/mol. The molecule has 10 nitrogen and oxygen atoms in total. The number of benzene rings is 2. The van der Waals surface area contributed by atoms with E-state index in [-0.39, 0.29) is 63.4 Å². The number of nitrogen functional groups attached to an aromatic ring is 1. The van der Waals surface area contributed by atoms with Crippen molar-refractivity contribution < 1.29 is 27.4 Å². The van der Waals surface area contributed by atoms with Crippen LogP contribution in [0.2, 0.25) is 0 Å². The number of rotatable bonds is 10. The van der Waals surface area contributed by atoms with Crippen LogP contribution in [-0.2, 0) is 9.53 Å². The second-order valence-corrected chi connectivity index (χ2v) is 14.2. The second-order valence-electron chi connectivity index (χ2n) is 13.2. The van der Waals surface area contributed by atoms with Crippen LogP contribution in [0.15, 0.2) is 36.9 Å². The lowest BCUT2D eigenvalue weighted by Gasteiger charge is -2.36. The molecule has 262 valence electrons. The van der Waals surface area contributed by atoms with E-state index in [0.717, 1.165) is 30.7 Å². The van der Waals surface area contributed by atoms with E-state index in [1.165, 1.54) is 24.3 Å². The van der Waals surface area contributed by atoms with Crippen LogP contribution in [-0.4, -0.2) is 96.0 Å². The van der Waals surface area contributed by atoms with E-state index in [1.54, 1.807) is 18.1 Å². The maximum absolute atomic E-state index is 16.4. The van der Waals surface area contributed by atoms with Gasteiger partial charge in [-0.3, -0.25) is 9.69 Å². The van der Waals surface area contributed by atoms with Gasteiger partial charge < -0.3 is 25.0 Å². The van der Waals surface area contributed by atoms with Gasteiger partial charge in [-0.05, 0) is 62.6 Å². The monoisotopic (exact) mass is 705 g/mol. The molecule has 3 fully saturated rings. The van der Waals surface area contributed by atoms with Gasteiger partial charge in [0.25, 0.3) is 0 Å². The van der Waals surface area contributed by atoms with Crippen LogP contribution in [0.25, 0.3) is 32.1 Å². The smallest absolute Gasteiger partial charge is 0.319 e. The molecule has 3 saturated heterocycles. The molecule has 14 heteroatoms. The first-order chi connectivity index (χ1) is 24.1. The molecule has 4 unspecified atom stereocenters. The minimum absolute atomic E-state index is 0.0501. The molecule has 50 heavy (non-hydrogen) atoms. The van der Waals surface area contributed by atoms with Crippen LogP contribution >= 0.6 is 11.3 Å². The fourth-order valence-electron chi connectivity index (χ4n) is 8.28. The van der Waals surface area contributed by atoms with Gasteiger partial charge in [0.05, 0.1) is 40.0 Å². The highest BCUT2D eigenvalue weighted by Crippen LogP contribution is 2.44. The van der Waals surface area contributed by atoms with Crippen LogP contribution in [0.4, 0.5) is 24.0 Å². The number of thiophene rings is 1. The number of carbonyl (C=O) groups is 1. The zero-order valence-corrected chi connectivity index (χ0v) is 28.7. The van der Waals surface area contributed by atoms with Gasteiger partial charge in [0.2, 0.25) is 5.91 Å². The number of nitrogens with zero attached hydrogens (tertiary/aromatic N) is 6. The topological polar surface area (TPSA) is 121 Å². The molecule has 3 aliphatic heterocycles. The summed E-state index contributed by atoms with van der Waals surface area (Å²) in [5.41, 5.74) is 6.47. The van der Waals surface area contributed by atoms with Gasteiger partial charge in [-0.2, -0.15) is 15.2 Å². The number of carbonyl (C=O) groups excluding carboxylic acids is 1. The zero-order chi connectivity index (χ0) is 35.3. The number of hydrogen-bond donors (Lipinski definition) is 1. The lowest BCUT2D eigenvalue weighted by atomic mass is 9.95. The number of nitrogens with two attached hydrogens (primary N) is 1. The van der Waals surface area contributed by atoms with Crippen molar-refractivity contribution in [2.24, 2.45) is 0 Å². The molecule has 0 spiro atoms. The first kappa shape index (κ1) is 34.0. The van der Waals surface area contributed by atoms with Gasteiger partial charge in [-0.25, -0.2) is 13.2 Å². The Labute approximate surface area is 291 Å². The lowest BCUT2D eigenvalue weighted by molar-refractivity contribution is -0.127. The largest absolute Gasteiger partial charge is 0.461 e. The Hall–Kier alpha value is -4.45. The third-order valence-corrected chi connectivity index (χ3v) is 11.5. The molecule has 4 aromatic rings. The molecular formula is C36H38F3N7O3S. The van der Waals surface area contributed by atoms with Crippen molar-refractivity contribution in [2.45, 2.75) is 56.4 Å². The number of ether oxygens (including phenoxy) is 2. The lowest BCUT2D eigenvalue weighted by Crippen LogP contribution is -2.49. The van der Waals surface area contributed by atoms with Crippen molar-refractivity contribution >= 4 is 49.1 Å². The van der Waals surface area contributed by atoms with Crippen molar-refractivity contribution in [3.63, 3.8) is 0 Å². The maximum atomic E-state index is 16.4. The van der Waals surface area contributed by atoms with E-state index in [2.05, 4.69) is 11.5 Å². The Kier molecular flexibility index (Phi) is 9.08.